The summed E-state index contributed by atoms with van der Waals surface area (Å²) in [5.41, 5.74) is 2.01. The number of carbonyl (C=O) groups is 1. The number of ketones is 1. The Kier molecular flexibility index (Phi) is 4.83. The van der Waals surface area contributed by atoms with E-state index < -0.39 is 0 Å². The van der Waals surface area contributed by atoms with Crippen molar-refractivity contribution in [1.82, 2.24) is 0 Å². The molecule has 0 atom stereocenters. The van der Waals surface area contributed by atoms with Gasteiger partial charge in [0.1, 0.15) is 5.82 Å². The summed E-state index contributed by atoms with van der Waals surface area (Å²) in [6.07, 6.45) is 4.00. The fourth-order valence-corrected chi connectivity index (χ4v) is 2.08. The molecule has 0 aliphatic carbocycles. The standard InChI is InChI=1S/C18H17FO/c1-2-3-4-9-18(20)15-12-10-14(11-13-15)16-7-5-6-8-17(16)19/h2,5-8,10-13H,1,3-4,9H2. The summed E-state index contributed by atoms with van der Waals surface area (Å²) < 4.78 is 13.7. The van der Waals surface area contributed by atoms with Crippen molar-refractivity contribution in [2.75, 3.05) is 0 Å². The maximum absolute atomic E-state index is 13.7. The number of carbonyl (C=O) groups excluding carboxylic acids is 1. The van der Waals surface area contributed by atoms with Crippen molar-refractivity contribution >= 4 is 5.78 Å². The van der Waals surface area contributed by atoms with E-state index in [1.165, 1.54) is 6.07 Å². The van der Waals surface area contributed by atoms with Crippen LogP contribution in [0.3, 0.4) is 0 Å². The Labute approximate surface area is 118 Å². The number of rotatable bonds is 6. The van der Waals surface area contributed by atoms with E-state index in [1.54, 1.807) is 42.5 Å². The average molecular weight is 268 g/mol. The summed E-state index contributed by atoms with van der Waals surface area (Å²) in [6, 6.07) is 13.7. The molecule has 20 heavy (non-hydrogen) atoms. The maximum atomic E-state index is 13.7. The van der Waals surface area contributed by atoms with Crippen molar-refractivity contribution in [1.29, 1.82) is 0 Å². The van der Waals surface area contributed by atoms with Gasteiger partial charge in [-0.1, -0.05) is 48.5 Å². The highest BCUT2D eigenvalue weighted by Crippen LogP contribution is 2.23. The van der Waals surface area contributed by atoms with E-state index in [9.17, 15) is 9.18 Å². The van der Waals surface area contributed by atoms with Crippen molar-refractivity contribution in [2.45, 2.75) is 19.3 Å². The topological polar surface area (TPSA) is 17.1 Å². The Morgan fingerprint density at radius 1 is 1.10 bits per heavy atom. The molecule has 0 fully saturated rings. The minimum Gasteiger partial charge on any atom is -0.294 e. The summed E-state index contributed by atoms with van der Waals surface area (Å²) >= 11 is 0. The number of halogens is 1. The molecule has 0 radical (unpaired) electrons. The lowest BCUT2D eigenvalue weighted by Gasteiger charge is -2.05. The van der Waals surface area contributed by atoms with Crippen LogP contribution < -0.4 is 0 Å². The zero-order valence-corrected chi connectivity index (χ0v) is 11.3. The minimum atomic E-state index is -0.252. The fraction of sp³-hybridized carbons (Fsp3) is 0.167. The van der Waals surface area contributed by atoms with Crippen LogP contribution in [0.15, 0.2) is 61.2 Å². The second kappa shape index (κ2) is 6.80. The smallest absolute Gasteiger partial charge is 0.162 e. The van der Waals surface area contributed by atoms with Gasteiger partial charge in [-0.05, 0) is 24.5 Å². The van der Waals surface area contributed by atoms with Crippen LogP contribution in [-0.2, 0) is 0 Å². The van der Waals surface area contributed by atoms with Gasteiger partial charge in [0.15, 0.2) is 5.78 Å². The zero-order chi connectivity index (χ0) is 14.4. The Hall–Kier alpha value is -2.22. The molecule has 0 unspecified atom stereocenters. The second-order valence-corrected chi connectivity index (χ2v) is 4.66. The Bertz CT molecular complexity index is 599. The Morgan fingerprint density at radius 3 is 2.45 bits per heavy atom. The molecule has 2 aromatic rings. The number of benzene rings is 2. The van der Waals surface area contributed by atoms with E-state index in [0.717, 1.165) is 18.4 Å². The van der Waals surface area contributed by atoms with Gasteiger partial charge in [0.05, 0.1) is 0 Å². The van der Waals surface area contributed by atoms with Crippen molar-refractivity contribution in [3.8, 4) is 11.1 Å². The van der Waals surface area contributed by atoms with Gasteiger partial charge in [-0.15, -0.1) is 6.58 Å². The third-order valence-electron chi connectivity index (χ3n) is 3.20. The highest BCUT2D eigenvalue weighted by molar-refractivity contribution is 5.96. The fourth-order valence-electron chi connectivity index (χ4n) is 2.08. The number of unbranched alkanes of at least 4 members (excludes halogenated alkanes) is 1. The first-order valence-corrected chi connectivity index (χ1v) is 6.71. The van der Waals surface area contributed by atoms with Crippen LogP contribution in [0.2, 0.25) is 0 Å². The van der Waals surface area contributed by atoms with Gasteiger partial charge in [0.25, 0.3) is 0 Å². The third-order valence-corrected chi connectivity index (χ3v) is 3.20. The molecule has 0 bridgehead atoms. The van der Waals surface area contributed by atoms with E-state index in [4.69, 9.17) is 0 Å². The van der Waals surface area contributed by atoms with Crippen LogP contribution in [0, 0.1) is 5.82 Å². The molecule has 102 valence electrons. The summed E-state index contributed by atoms with van der Waals surface area (Å²) in [5.74, 6) is -0.135. The zero-order valence-electron chi connectivity index (χ0n) is 11.3. The Morgan fingerprint density at radius 2 is 1.80 bits per heavy atom. The third kappa shape index (κ3) is 3.41. The first-order valence-electron chi connectivity index (χ1n) is 6.71. The highest BCUT2D eigenvalue weighted by atomic mass is 19.1. The molecule has 0 aromatic heterocycles. The molecule has 0 aliphatic rings. The van der Waals surface area contributed by atoms with Gasteiger partial charge in [-0.3, -0.25) is 4.79 Å². The highest BCUT2D eigenvalue weighted by Gasteiger charge is 2.07. The number of allylic oxidation sites excluding steroid dienone is 1. The van der Waals surface area contributed by atoms with E-state index in [1.807, 2.05) is 6.08 Å². The average Bonchev–Trinajstić information content (AvgIpc) is 2.48. The first kappa shape index (κ1) is 14.2. The van der Waals surface area contributed by atoms with E-state index in [2.05, 4.69) is 6.58 Å². The SMILES string of the molecule is C=CCCCC(=O)c1ccc(-c2ccccc2F)cc1. The van der Waals surface area contributed by atoms with Crippen LogP contribution in [0.1, 0.15) is 29.6 Å². The van der Waals surface area contributed by atoms with Crippen LogP contribution in [0.25, 0.3) is 11.1 Å². The van der Waals surface area contributed by atoms with Gasteiger partial charge in [-0.2, -0.15) is 0 Å². The summed E-state index contributed by atoms with van der Waals surface area (Å²) in [4.78, 5) is 11.9. The molecule has 2 rings (SSSR count). The van der Waals surface area contributed by atoms with Gasteiger partial charge >= 0.3 is 0 Å². The van der Waals surface area contributed by atoms with Crippen LogP contribution >= 0.6 is 0 Å². The van der Waals surface area contributed by atoms with E-state index >= 15 is 0 Å². The van der Waals surface area contributed by atoms with Gasteiger partial charge in [0.2, 0.25) is 0 Å². The maximum Gasteiger partial charge on any atom is 0.162 e. The van der Waals surface area contributed by atoms with Crippen molar-refractivity contribution in [2.24, 2.45) is 0 Å². The van der Waals surface area contributed by atoms with E-state index in [-0.39, 0.29) is 11.6 Å². The largest absolute Gasteiger partial charge is 0.294 e. The molecular formula is C18H17FO. The van der Waals surface area contributed by atoms with Crippen LogP contribution in [-0.4, -0.2) is 5.78 Å². The second-order valence-electron chi connectivity index (χ2n) is 4.66. The molecule has 0 aliphatic heterocycles. The predicted octanol–water partition coefficient (Wildman–Crippen LogP) is 5.03. The van der Waals surface area contributed by atoms with Crippen LogP contribution in [0.4, 0.5) is 4.39 Å². The van der Waals surface area contributed by atoms with Crippen LogP contribution in [0.5, 0.6) is 0 Å². The molecule has 2 aromatic carbocycles. The molecule has 0 amide bonds. The summed E-state index contributed by atoms with van der Waals surface area (Å²) in [6.45, 7) is 3.64. The molecule has 0 spiro atoms. The lowest BCUT2D eigenvalue weighted by Crippen LogP contribution is -1.98. The quantitative estimate of drug-likeness (QED) is 0.408. The van der Waals surface area contributed by atoms with Crippen molar-refractivity contribution < 1.29 is 9.18 Å². The predicted molar refractivity (Wildman–Crippen MR) is 80.2 cm³/mol. The lowest BCUT2D eigenvalue weighted by atomic mass is 10.0. The number of Topliss-reactive ketones (excluding diaryl/α,β-unsaturated/α-hetero) is 1. The first-order chi connectivity index (χ1) is 9.72. The molecule has 0 saturated carbocycles. The molecular weight excluding hydrogens is 251 g/mol. The summed E-state index contributed by atoms with van der Waals surface area (Å²) in [7, 11) is 0. The summed E-state index contributed by atoms with van der Waals surface area (Å²) in [5, 5.41) is 0. The Balaban J connectivity index is 2.12. The van der Waals surface area contributed by atoms with Crippen molar-refractivity contribution in [3.05, 3.63) is 72.6 Å². The van der Waals surface area contributed by atoms with Gasteiger partial charge in [0, 0.05) is 17.5 Å². The minimum absolute atomic E-state index is 0.118. The normalized spacial score (nSPS) is 10.2. The molecule has 2 heteroatoms. The lowest BCUT2D eigenvalue weighted by molar-refractivity contribution is 0.0980. The van der Waals surface area contributed by atoms with E-state index in [0.29, 0.717) is 17.5 Å². The van der Waals surface area contributed by atoms with Crippen molar-refractivity contribution in [3.63, 3.8) is 0 Å². The molecule has 1 nitrogen and oxygen atoms in total. The van der Waals surface area contributed by atoms with Gasteiger partial charge < -0.3 is 0 Å². The molecule has 0 N–H and O–H groups in total. The number of hydrogen-bond donors (Lipinski definition) is 0. The molecule has 0 saturated heterocycles. The monoisotopic (exact) mass is 268 g/mol. The van der Waals surface area contributed by atoms with Gasteiger partial charge in [-0.25, -0.2) is 4.39 Å². The molecule has 0 heterocycles. The number of hydrogen-bond acceptors (Lipinski definition) is 1.